The van der Waals surface area contributed by atoms with Gasteiger partial charge in [0, 0.05) is 25.3 Å². The Bertz CT molecular complexity index is 393. The normalized spacial score (nSPS) is 20.9. The zero-order chi connectivity index (χ0) is 13.7. The standard InChI is InChI=1S/C15H22FNO2/c1-17(11-12-5-4-10-19-12)9-8-15(18)13-6-2-3-7-14(13)16/h2-3,6-7,12,15,18H,4-5,8-11H2,1H3. The van der Waals surface area contributed by atoms with Gasteiger partial charge in [0.15, 0.2) is 0 Å². The summed E-state index contributed by atoms with van der Waals surface area (Å²) in [7, 11) is 2.01. The van der Waals surface area contributed by atoms with Gasteiger partial charge in [0.05, 0.1) is 12.2 Å². The van der Waals surface area contributed by atoms with Crippen molar-refractivity contribution in [3.63, 3.8) is 0 Å². The fourth-order valence-electron chi connectivity index (χ4n) is 2.47. The van der Waals surface area contributed by atoms with E-state index in [9.17, 15) is 9.50 Å². The van der Waals surface area contributed by atoms with Crippen molar-refractivity contribution in [2.24, 2.45) is 0 Å². The van der Waals surface area contributed by atoms with Gasteiger partial charge in [0.1, 0.15) is 5.82 Å². The molecule has 2 unspecified atom stereocenters. The fourth-order valence-corrected chi connectivity index (χ4v) is 2.47. The SMILES string of the molecule is CN(CCC(O)c1ccccc1F)CC1CCCO1. The molecule has 1 fully saturated rings. The highest BCUT2D eigenvalue weighted by atomic mass is 19.1. The summed E-state index contributed by atoms with van der Waals surface area (Å²) in [5.41, 5.74) is 0.382. The van der Waals surface area contributed by atoms with Gasteiger partial charge < -0.3 is 14.7 Å². The maximum absolute atomic E-state index is 13.5. The molecule has 1 heterocycles. The number of hydrogen-bond acceptors (Lipinski definition) is 3. The zero-order valence-corrected chi connectivity index (χ0v) is 11.4. The summed E-state index contributed by atoms with van der Waals surface area (Å²) in [6.07, 6.45) is 2.35. The third-order valence-corrected chi connectivity index (χ3v) is 3.59. The van der Waals surface area contributed by atoms with E-state index in [2.05, 4.69) is 4.90 Å². The first-order chi connectivity index (χ1) is 9.16. The number of halogens is 1. The van der Waals surface area contributed by atoms with E-state index in [0.29, 0.717) is 18.1 Å². The number of aliphatic hydroxyl groups is 1. The van der Waals surface area contributed by atoms with Crippen LogP contribution in [-0.2, 0) is 4.74 Å². The highest BCUT2D eigenvalue weighted by molar-refractivity contribution is 5.19. The molecule has 1 saturated heterocycles. The maximum atomic E-state index is 13.5. The van der Waals surface area contributed by atoms with Crippen LogP contribution >= 0.6 is 0 Å². The van der Waals surface area contributed by atoms with Crippen molar-refractivity contribution >= 4 is 0 Å². The van der Waals surface area contributed by atoms with E-state index >= 15 is 0 Å². The fraction of sp³-hybridized carbons (Fsp3) is 0.600. The highest BCUT2D eigenvalue weighted by Gasteiger charge is 2.18. The Kier molecular flexibility index (Phi) is 5.31. The summed E-state index contributed by atoms with van der Waals surface area (Å²) in [5.74, 6) is -0.336. The van der Waals surface area contributed by atoms with Crippen molar-refractivity contribution in [2.45, 2.75) is 31.5 Å². The Morgan fingerprint density at radius 1 is 1.47 bits per heavy atom. The number of hydrogen-bond donors (Lipinski definition) is 1. The molecule has 0 radical (unpaired) electrons. The maximum Gasteiger partial charge on any atom is 0.128 e. The first kappa shape index (κ1) is 14.4. The largest absolute Gasteiger partial charge is 0.388 e. The Hall–Kier alpha value is -0.970. The molecule has 4 heteroatoms. The third kappa shape index (κ3) is 4.27. The molecule has 3 nitrogen and oxygen atoms in total. The molecule has 2 atom stereocenters. The van der Waals surface area contributed by atoms with E-state index in [1.54, 1.807) is 18.2 Å². The van der Waals surface area contributed by atoms with Crippen molar-refractivity contribution in [2.75, 3.05) is 26.7 Å². The second kappa shape index (κ2) is 6.98. The van der Waals surface area contributed by atoms with Crippen molar-refractivity contribution in [1.82, 2.24) is 4.90 Å². The number of nitrogens with zero attached hydrogens (tertiary/aromatic N) is 1. The lowest BCUT2D eigenvalue weighted by atomic mass is 10.1. The van der Waals surface area contributed by atoms with Gasteiger partial charge >= 0.3 is 0 Å². The van der Waals surface area contributed by atoms with Gasteiger partial charge in [0.2, 0.25) is 0 Å². The Morgan fingerprint density at radius 2 is 2.26 bits per heavy atom. The summed E-state index contributed by atoms with van der Waals surface area (Å²) < 4.78 is 19.1. The quantitative estimate of drug-likeness (QED) is 0.859. The first-order valence-corrected chi connectivity index (χ1v) is 6.89. The molecule has 1 aliphatic heterocycles. The van der Waals surface area contributed by atoms with Crippen molar-refractivity contribution in [3.05, 3.63) is 35.6 Å². The minimum Gasteiger partial charge on any atom is -0.388 e. The van der Waals surface area contributed by atoms with Crippen molar-refractivity contribution in [1.29, 1.82) is 0 Å². The number of likely N-dealkylation sites (N-methyl/N-ethyl adjacent to an activating group) is 1. The minimum absolute atomic E-state index is 0.315. The lowest BCUT2D eigenvalue weighted by molar-refractivity contribution is 0.0736. The summed E-state index contributed by atoms with van der Waals surface area (Å²) in [6.45, 7) is 2.47. The molecule has 0 spiro atoms. The smallest absolute Gasteiger partial charge is 0.128 e. The van der Waals surface area contributed by atoms with Crippen LogP contribution in [0.25, 0.3) is 0 Å². The molecule has 2 rings (SSSR count). The minimum atomic E-state index is -0.742. The Balaban J connectivity index is 1.76. The van der Waals surface area contributed by atoms with E-state index in [1.807, 2.05) is 7.05 Å². The molecule has 0 aliphatic carbocycles. The molecule has 1 N–H and O–H groups in total. The van der Waals surface area contributed by atoms with Crippen LogP contribution < -0.4 is 0 Å². The van der Waals surface area contributed by atoms with Crippen LogP contribution in [0.15, 0.2) is 24.3 Å². The molecule has 0 saturated carbocycles. The van der Waals surface area contributed by atoms with Crippen LogP contribution in [0.1, 0.15) is 30.9 Å². The van der Waals surface area contributed by atoms with Gasteiger partial charge in [-0.05, 0) is 32.4 Å². The van der Waals surface area contributed by atoms with Gasteiger partial charge in [-0.3, -0.25) is 0 Å². The summed E-state index contributed by atoms with van der Waals surface area (Å²) >= 11 is 0. The van der Waals surface area contributed by atoms with Crippen LogP contribution in [0.3, 0.4) is 0 Å². The number of benzene rings is 1. The number of ether oxygens (including phenoxy) is 1. The molecule has 0 amide bonds. The molecule has 1 aromatic carbocycles. The van der Waals surface area contributed by atoms with E-state index in [0.717, 1.165) is 32.5 Å². The average Bonchev–Trinajstić information content (AvgIpc) is 2.89. The monoisotopic (exact) mass is 267 g/mol. The number of rotatable bonds is 6. The first-order valence-electron chi connectivity index (χ1n) is 6.89. The van der Waals surface area contributed by atoms with E-state index in [4.69, 9.17) is 4.74 Å². The van der Waals surface area contributed by atoms with Gasteiger partial charge in [-0.1, -0.05) is 18.2 Å². The predicted molar refractivity (Wildman–Crippen MR) is 72.4 cm³/mol. The van der Waals surface area contributed by atoms with Crippen LogP contribution in [0.2, 0.25) is 0 Å². The lowest BCUT2D eigenvalue weighted by Crippen LogP contribution is -2.30. The van der Waals surface area contributed by atoms with Crippen LogP contribution in [0.4, 0.5) is 4.39 Å². The Labute approximate surface area is 114 Å². The molecule has 0 aromatic heterocycles. The van der Waals surface area contributed by atoms with E-state index in [-0.39, 0.29) is 5.82 Å². The lowest BCUT2D eigenvalue weighted by Gasteiger charge is -2.22. The molecule has 19 heavy (non-hydrogen) atoms. The second-order valence-electron chi connectivity index (χ2n) is 5.22. The highest BCUT2D eigenvalue weighted by Crippen LogP contribution is 2.20. The molecular weight excluding hydrogens is 245 g/mol. The Morgan fingerprint density at radius 3 is 2.95 bits per heavy atom. The van der Waals surface area contributed by atoms with E-state index in [1.165, 1.54) is 6.07 Å². The topological polar surface area (TPSA) is 32.7 Å². The van der Waals surface area contributed by atoms with Crippen LogP contribution in [0, 0.1) is 5.82 Å². The summed E-state index contributed by atoms with van der Waals surface area (Å²) in [4.78, 5) is 2.14. The molecular formula is C15H22FNO2. The van der Waals surface area contributed by atoms with Crippen molar-refractivity contribution < 1.29 is 14.2 Å². The molecule has 1 aromatic rings. The van der Waals surface area contributed by atoms with Crippen LogP contribution in [-0.4, -0.2) is 42.9 Å². The zero-order valence-electron chi connectivity index (χ0n) is 11.4. The summed E-state index contributed by atoms with van der Waals surface area (Å²) in [6, 6.07) is 6.40. The van der Waals surface area contributed by atoms with Gasteiger partial charge in [-0.25, -0.2) is 4.39 Å². The number of aliphatic hydroxyl groups excluding tert-OH is 1. The molecule has 1 aliphatic rings. The predicted octanol–water partition coefficient (Wildman–Crippen LogP) is 2.36. The average molecular weight is 267 g/mol. The van der Waals surface area contributed by atoms with Gasteiger partial charge in [0.25, 0.3) is 0 Å². The van der Waals surface area contributed by atoms with E-state index < -0.39 is 6.10 Å². The molecule has 106 valence electrons. The second-order valence-corrected chi connectivity index (χ2v) is 5.22. The third-order valence-electron chi connectivity index (χ3n) is 3.59. The van der Waals surface area contributed by atoms with Crippen molar-refractivity contribution in [3.8, 4) is 0 Å². The van der Waals surface area contributed by atoms with Crippen LogP contribution in [0.5, 0.6) is 0 Å². The molecule has 0 bridgehead atoms. The van der Waals surface area contributed by atoms with Gasteiger partial charge in [-0.15, -0.1) is 0 Å². The summed E-state index contributed by atoms with van der Waals surface area (Å²) in [5, 5.41) is 10.0. The van der Waals surface area contributed by atoms with Gasteiger partial charge in [-0.2, -0.15) is 0 Å².